The highest BCUT2D eigenvalue weighted by Gasteiger charge is 2.54. The van der Waals surface area contributed by atoms with Gasteiger partial charge in [0, 0.05) is 55.6 Å². The smallest absolute Gasteiger partial charge is 0.410 e. The molecule has 1 aromatic heterocycles. The fourth-order valence-electron chi connectivity index (χ4n) is 7.06. The molecule has 0 radical (unpaired) electrons. The third-order valence-corrected chi connectivity index (χ3v) is 9.87. The maximum atomic E-state index is 16.7. The molecule has 2 saturated heterocycles. The number of nitrogens with zero attached hydrogens (tertiary/aromatic N) is 2. The zero-order valence-corrected chi connectivity index (χ0v) is 29.0. The van der Waals surface area contributed by atoms with Crippen molar-refractivity contribution in [3.63, 3.8) is 0 Å². The van der Waals surface area contributed by atoms with Gasteiger partial charge in [0.1, 0.15) is 18.2 Å². The van der Waals surface area contributed by atoms with Crippen LogP contribution in [0.3, 0.4) is 0 Å². The molecule has 1 N–H and O–H groups in total. The number of fused-ring (bicyclic) bond motifs is 1. The van der Waals surface area contributed by atoms with E-state index in [0.29, 0.717) is 31.6 Å². The van der Waals surface area contributed by atoms with Crippen LogP contribution in [0.2, 0.25) is 5.02 Å². The summed E-state index contributed by atoms with van der Waals surface area (Å²) in [5, 5.41) is 2.12. The van der Waals surface area contributed by atoms with Gasteiger partial charge in [-0.3, -0.25) is 4.79 Å². The number of carbonyl (C=O) groups is 2. The fraction of sp³-hybridized carbons (Fsp3) is 0.486. The van der Waals surface area contributed by atoms with Gasteiger partial charge >= 0.3 is 6.09 Å². The second kappa shape index (κ2) is 15.9. The molecule has 3 aromatic rings. The predicted octanol–water partition coefficient (Wildman–Crippen LogP) is 7.19. The molecule has 13 heteroatoms. The van der Waals surface area contributed by atoms with Gasteiger partial charge in [-0.15, -0.1) is 0 Å². The van der Waals surface area contributed by atoms with Gasteiger partial charge in [0.05, 0.1) is 29.8 Å². The summed E-state index contributed by atoms with van der Waals surface area (Å²) >= 11 is 6.71. The van der Waals surface area contributed by atoms with E-state index in [2.05, 4.69) is 10.3 Å². The topological polar surface area (TPSA) is 108 Å². The van der Waals surface area contributed by atoms with Crippen LogP contribution < -0.4 is 14.8 Å². The van der Waals surface area contributed by atoms with Gasteiger partial charge in [-0.1, -0.05) is 55.3 Å². The summed E-state index contributed by atoms with van der Waals surface area (Å²) in [5.41, 5.74) is -0.580. The highest BCUT2D eigenvalue weighted by atomic mass is 35.5. The van der Waals surface area contributed by atoms with Crippen LogP contribution in [0.15, 0.2) is 42.6 Å². The van der Waals surface area contributed by atoms with Crippen LogP contribution in [0.5, 0.6) is 11.6 Å². The minimum Gasteiger partial charge on any atom is -0.480 e. The molecule has 50 heavy (non-hydrogen) atoms. The van der Waals surface area contributed by atoms with Crippen LogP contribution in [0.1, 0.15) is 73.4 Å². The Bertz CT molecular complexity index is 1690. The van der Waals surface area contributed by atoms with Gasteiger partial charge in [0.25, 0.3) is 11.8 Å². The van der Waals surface area contributed by atoms with Crippen molar-refractivity contribution in [3.05, 3.63) is 75.9 Å². The molecule has 3 atom stereocenters. The molecule has 0 spiro atoms. The number of aromatic nitrogens is 1. The Morgan fingerprint density at radius 1 is 1.10 bits per heavy atom. The molecule has 0 bridgehead atoms. The monoisotopic (exact) mass is 713 g/mol. The number of unbranched alkanes of at least 4 members (excludes halogenated alkanes) is 1. The van der Waals surface area contributed by atoms with Gasteiger partial charge in [0.15, 0.2) is 17.7 Å². The molecular formula is C37H42ClF2N3O7. The van der Waals surface area contributed by atoms with Gasteiger partial charge < -0.3 is 33.9 Å². The number of halogens is 3. The second-order valence-corrected chi connectivity index (χ2v) is 13.0. The molecule has 3 aliphatic rings. The van der Waals surface area contributed by atoms with Crippen LogP contribution in [0, 0.1) is 11.6 Å². The van der Waals surface area contributed by atoms with Crippen LogP contribution in [0.4, 0.5) is 13.6 Å². The summed E-state index contributed by atoms with van der Waals surface area (Å²) in [6, 6.07) is 10.0. The van der Waals surface area contributed by atoms with E-state index >= 15 is 8.78 Å². The molecule has 1 unspecified atom stereocenters. The molecule has 0 saturated carbocycles. The average molecular weight is 714 g/mol. The van der Waals surface area contributed by atoms with Gasteiger partial charge in [-0.25, -0.2) is 18.6 Å². The van der Waals surface area contributed by atoms with Crippen molar-refractivity contribution < 1.29 is 42.1 Å². The number of hydrogen-bond acceptors (Lipinski definition) is 8. The molecule has 0 aliphatic carbocycles. The number of amides is 2. The van der Waals surface area contributed by atoms with E-state index in [-0.39, 0.29) is 55.0 Å². The van der Waals surface area contributed by atoms with Crippen molar-refractivity contribution in [2.75, 3.05) is 40.0 Å². The van der Waals surface area contributed by atoms with Crippen LogP contribution >= 0.6 is 11.6 Å². The van der Waals surface area contributed by atoms with E-state index in [4.69, 9.17) is 35.3 Å². The first kappa shape index (κ1) is 35.8. The average Bonchev–Trinajstić information content (AvgIpc) is 3.79. The fourth-order valence-corrected chi connectivity index (χ4v) is 7.32. The predicted molar refractivity (Wildman–Crippen MR) is 181 cm³/mol. The second-order valence-electron chi connectivity index (χ2n) is 12.6. The Morgan fingerprint density at radius 3 is 2.66 bits per heavy atom. The molecular weight excluding hydrogens is 672 g/mol. The number of ether oxygens (including phenoxy) is 5. The Balaban J connectivity index is 1.40. The first-order chi connectivity index (χ1) is 24.3. The summed E-state index contributed by atoms with van der Waals surface area (Å²) in [4.78, 5) is 32.3. The molecule has 2 fully saturated rings. The largest absolute Gasteiger partial charge is 0.480 e. The van der Waals surface area contributed by atoms with Crippen LogP contribution in [0.25, 0.3) is 11.1 Å². The molecule has 2 amide bonds. The van der Waals surface area contributed by atoms with E-state index < -0.39 is 46.2 Å². The summed E-state index contributed by atoms with van der Waals surface area (Å²) in [7, 11) is 1.40. The van der Waals surface area contributed by atoms with Crippen molar-refractivity contribution in [1.29, 1.82) is 0 Å². The summed E-state index contributed by atoms with van der Waals surface area (Å²) < 4.78 is 61.9. The van der Waals surface area contributed by atoms with Crippen molar-refractivity contribution in [2.24, 2.45) is 0 Å². The molecule has 2 aromatic carbocycles. The Kier molecular flexibility index (Phi) is 11.4. The minimum atomic E-state index is -1.20. The number of rotatable bonds is 12. The molecule has 3 aliphatic heterocycles. The lowest BCUT2D eigenvalue weighted by atomic mass is 9.80. The lowest BCUT2D eigenvalue weighted by Crippen LogP contribution is -2.52. The van der Waals surface area contributed by atoms with Crippen LogP contribution in [-0.4, -0.2) is 74.2 Å². The quantitative estimate of drug-likeness (QED) is 0.197. The first-order valence-electron chi connectivity index (χ1n) is 17.2. The summed E-state index contributed by atoms with van der Waals surface area (Å²) in [6.45, 7) is 3.42. The van der Waals surface area contributed by atoms with Gasteiger partial charge in [0.2, 0.25) is 0 Å². The van der Waals surface area contributed by atoms with Crippen molar-refractivity contribution in [3.8, 4) is 22.8 Å². The Hall–Kier alpha value is -4.00. The maximum Gasteiger partial charge on any atom is 0.410 e. The lowest BCUT2D eigenvalue weighted by molar-refractivity contribution is -0.165. The van der Waals surface area contributed by atoms with Gasteiger partial charge in [-0.05, 0) is 44.1 Å². The van der Waals surface area contributed by atoms with E-state index in [0.717, 1.165) is 37.7 Å². The highest BCUT2D eigenvalue weighted by Crippen LogP contribution is 2.53. The van der Waals surface area contributed by atoms with Crippen molar-refractivity contribution in [2.45, 2.75) is 76.2 Å². The minimum absolute atomic E-state index is 0.0512. The number of likely N-dealkylation sites (tertiary alicyclic amines) is 1. The van der Waals surface area contributed by atoms with Crippen LogP contribution in [-0.2, 0) is 26.2 Å². The number of hydrogen-bond donors (Lipinski definition) is 1. The third kappa shape index (κ3) is 7.11. The Morgan fingerprint density at radius 2 is 1.92 bits per heavy atom. The van der Waals surface area contributed by atoms with E-state index in [1.807, 2.05) is 37.3 Å². The van der Waals surface area contributed by atoms with Gasteiger partial charge in [-0.2, -0.15) is 0 Å². The first-order valence-corrected chi connectivity index (χ1v) is 17.6. The van der Waals surface area contributed by atoms with E-state index in [1.165, 1.54) is 19.3 Å². The SMILES string of the molecule is CCCCOC(=O)N1CCC[C@H]1[C@@]1(c2ccccc2)Cc2c(cc(F)c(Cl)c2-c2c(C(=O)NC)cnc(OCCOC3CCCCO3)c2F)O1. The summed E-state index contributed by atoms with van der Waals surface area (Å²) in [5.74, 6) is -2.79. The number of benzene rings is 2. The molecule has 6 rings (SSSR count). The lowest BCUT2D eigenvalue weighted by Gasteiger charge is -2.39. The van der Waals surface area contributed by atoms with Crippen molar-refractivity contribution >= 4 is 23.6 Å². The van der Waals surface area contributed by atoms with E-state index in [9.17, 15) is 9.59 Å². The maximum absolute atomic E-state index is 16.7. The summed E-state index contributed by atoms with van der Waals surface area (Å²) in [6.07, 6.45) is 6.05. The number of carbonyl (C=O) groups excluding carboxylic acids is 2. The van der Waals surface area contributed by atoms with E-state index in [1.54, 1.807) is 4.90 Å². The molecule has 4 heterocycles. The highest BCUT2D eigenvalue weighted by molar-refractivity contribution is 6.34. The van der Waals surface area contributed by atoms with Crippen molar-refractivity contribution in [1.82, 2.24) is 15.2 Å². The number of pyridine rings is 1. The Labute approximate surface area is 295 Å². The zero-order valence-electron chi connectivity index (χ0n) is 28.3. The number of nitrogens with one attached hydrogen (secondary N) is 1. The zero-order chi connectivity index (χ0) is 35.3. The molecule has 268 valence electrons. The third-order valence-electron chi connectivity index (χ3n) is 9.50. The normalized spacial score (nSPS) is 21.4. The molecule has 10 nitrogen and oxygen atoms in total. The standard InChI is InChI=1S/C37H42ClF2N3O7/c1-3-4-16-49-36(45)43-15-10-13-28(43)37(23-11-6-5-7-12-23)21-24-27(50-37)20-26(39)32(38)30(24)31-25(34(44)41-2)22-42-35(33(31)40)48-19-18-47-29-14-8-9-17-46-29/h5-7,11-12,20,22,28-29H,3-4,8-10,13-19,21H2,1-2H3,(H,41,44)/t28-,29?,37-/m0/s1.